The van der Waals surface area contributed by atoms with Crippen molar-refractivity contribution in [3.63, 3.8) is 0 Å². The Morgan fingerprint density at radius 3 is 2.78 bits per heavy atom. The van der Waals surface area contributed by atoms with Crippen LogP contribution in [0.4, 0.5) is 11.4 Å². The number of anilines is 1. The highest BCUT2D eigenvalue weighted by atomic mass is 35.5. The molecule has 0 aliphatic carbocycles. The van der Waals surface area contributed by atoms with Crippen molar-refractivity contribution >= 4 is 40.5 Å². The van der Waals surface area contributed by atoms with E-state index in [9.17, 15) is 14.9 Å². The van der Waals surface area contributed by atoms with Crippen LogP contribution in [0.5, 0.6) is 5.75 Å². The molecule has 0 bridgehead atoms. The molecule has 27 heavy (non-hydrogen) atoms. The predicted octanol–water partition coefficient (Wildman–Crippen LogP) is 4.39. The summed E-state index contributed by atoms with van der Waals surface area (Å²) in [6.45, 7) is 0.0746. The topological polar surface area (TPSA) is 99.3 Å². The summed E-state index contributed by atoms with van der Waals surface area (Å²) in [5.41, 5.74) is 0.0445. The Morgan fingerprint density at radius 1 is 1.22 bits per heavy atom. The van der Waals surface area contributed by atoms with E-state index in [0.29, 0.717) is 10.8 Å². The summed E-state index contributed by atoms with van der Waals surface area (Å²) in [5.74, 6) is 0.00582. The summed E-state index contributed by atoms with van der Waals surface area (Å²) < 4.78 is 6.96. The van der Waals surface area contributed by atoms with E-state index >= 15 is 0 Å². The fourth-order valence-electron chi connectivity index (χ4n) is 2.16. The first-order valence-electron chi connectivity index (χ1n) is 7.59. The molecular formula is C17H12Cl2N4O4. The van der Waals surface area contributed by atoms with Gasteiger partial charge in [-0.05, 0) is 30.3 Å². The van der Waals surface area contributed by atoms with Gasteiger partial charge in [-0.1, -0.05) is 29.3 Å². The average molecular weight is 407 g/mol. The van der Waals surface area contributed by atoms with E-state index in [1.807, 2.05) is 0 Å². The highest BCUT2D eigenvalue weighted by Crippen LogP contribution is 2.27. The Kier molecular flexibility index (Phi) is 5.58. The molecule has 138 valence electrons. The molecule has 0 spiro atoms. The number of halogens is 2. The minimum atomic E-state index is -0.576. The predicted molar refractivity (Wildman–Crippen MR) is 100 cm³/mol. The number of benzene rings is 2. The third-order valence-electron chi connectivity index (χ3n) is 3.44. The maximum Gasteiger partial charge on any atom is 0.276 e. The zero-order valence-corrected chi connectivity index (χ0v) is 15.1. The number of carbonyl (C=O) groups is 1. The first-order valence-corrected chi connectivity index (χ1v) is 8.35. The molecule has 0 unspecified atom stereocenters. The number of aromatic nitrogens is 2. The van der Waals surface area contributed by atoms with Crippen LogP contribution in [0, 0.1) is 10.1 Å². The van der Waals surface area contributed by atoms with E-state index in [1.165, 1.54) is 28.9 Å². The van der Waals surface area contributed by atoms with Gasteiger partial charge < -0.3 is 10.1 Å². The molecule has 0 fully saturated rings. The highest BCUT2D eigenvalue weighted by Gasteiger charge is 2.15. The minimum Gasteiger partial charge on any atom is -0.471 e. The summed E-state index contributed by atoms with van der Waals surface area (Å²) in [4.78, 5) is 22.6. The van der Waals surface area contributed by atoms with Crippen LogP contribution < -0.4 is 10.1 Å². The lowest BCUT2D eigenvalue weighted by Crippen LogP contribution is -2.14. The Hall–Kier alpha value is -3.10. The Bertz CT molecular complexity index is 1010. The average Bonchev–Trinajstić information content (AvgIpc) is 3.11. The molecule has 8 nitrogen and oxygen atoms in total. The lowest BCUT2D eigenvalue weighted by Gasteiger charge is -2.07. The van der Waals surface area contributed by atoms with Crippen LogP contribution in [0.3, 0.4) is 0 Å². The minimum absolute atomic E-state index is 0.0746. The van der Waals surface area contributed by atoms with Crippen molar-refractivity contribution in [1.29, 1.82) is 0 Å². The highest BCUT2D eigenvalue weighted by molar-refractivity contribution is 6.34. The second-order valence-electron chi connectivity index (χ2n) is 5.35. The van der Waals surface area contributed by atoms with E-state index in [1.54, 1.807) is 30.5 Å². The molecule has 1 amide bonds. The van der Waals surface area contributed by atoms with Crippen LogP contribution in [-0.2, 0) is 6.73 Å². The second-order valence-corrected chi connectivity index (χ2v) is 6.19. The van der Waals surface area contributed by atoms with Gasteiger partial charge in [-0.3, -0.25) is 14.9 Å². The van der Waals surface area contributed by atoms with Gasteiger partial charge in [0.1, 0.15) is 5.75 Å². The molecule has 3 rings (SSSR count). The molecule has 0 atom stereocenters. The van der Waals surface area contributed by atoms with Crippen LogP contribution >= 0.6 is 23.2 Å². The van der Waals surface area contributed by atoms with Crippen LogP contribution in [0.15, 0.2) is 54.7 Å². The molecule has 10 heteroatoms. The monoisotopic (exact) mass is 406 g/mol. The van der Waals surface area contributed by atoms with Gasteiger partial charge in [0, 0.05) is 23.4 Å². The third kappa shape index (κ3) is 4.75. The van der Waals surface area contributed by atoms with E-state index < -0.39 is 10.8 Å². The van der Waals surface area contributed by atoms with Gasteiger partial charge in [0.15, 0.2) is 12.4 Å². The molecule has 2 aromatic carbocycles. The maximum atomic E-state index is 12.3. The first-order chi connectivity index (χ1) is 12.9. The van der Waals surface area contributed by atoms with E-state index in [0.717, 1.165) is 0 Å². The number of amides is 1. The molecular weight excluding hydrogens is 395 g/mol. The number of carbonyl (C=O) groups excluding carboxylic acids is 1. The number of ether oxygens (including phenoxy) is 1. The van der Waals surface area contributed by atoms with Crippen LogP contribution in [-0.4, -0.2) is 20.6 Å². The van der Waals surface area contributed by atoms with E-state index in [2.05, 4.69) is 10.4 Å². The van der Waals surface area contributed by atoms with E-state index in [4.69, 9.17) is 27.9 Å². The number of nitrogens with zero attached hydrogens (tertiary/aromatic N) is 3. The van der Waals surface area contributed by atoms with Crippen molar-refractivity contribution in [3.05, 3.63) is 80.6 Å². The summed E-state index contributed by atoms with van der Waals surface area (Å²) in [6, 6.07) is 12.1. The largest absolute Gasteiger partial charge is 0.471 e. The summed E-state index contributed by atoms with van der Waals surface area (Å²) in [7, 11) is 0. The molecule has 0 saturated heterocycles. The van der Waals surface area contributed by atoms with Gasteiger partial charge in [0.2, 0.25) is 0 Å². The standard InChI is InChI=1S/C17H12Cl2N4O4/c18-11-2-1-3-13(8-11)27-10-22-7-6-15(21-22)17(24)20-16-9-12(23(25)26)4-5-14(16)19/h1-9H,10H2,(H,20,24). The number of nitro groups is 1. The fraction of sp³-hybridized carbons (Fsp3) is 0.0588. The maximum absolute atomic E-state index is 12.3. The molecule has 1 N–H and O–H groups in total. The number of rotatable bonds is 6. The lowest BCUT2D eigenvalue weighted by molar-refractivity contribution is -0.384. The molecule has 0 aliphatic heterocycles. The fourth-order valence-corrected chi connectivity index (χ4v) is 2.51. The second kappa shape index (κ2) is 8.07. The smallest absolute Gasteiger partial charge is 0.276 e. The van der Waals surface area contributed by atoms with Gasteiger partial charge in [0.25, 0.3) is 11.6 Å². The van der Waals surface area contributed by atoms with Crippen molar-refractivity contribution in [2.45, 2.75) is 6.73 Å². The molecule has 0 saturated carbocycles. The summed E-state index contributed by atoms with van der Waals surface area (Å²) in [6.07, 6.45) is 1.56. The molecule has 1 aromatic heterocycles. The quantitative estimate of drug-likeness (QED) is 0.483. The zero-order valence-electron chi connectivity index (χ0n) is 13.6. The number of hydrogen-bond donors (Lipinski definition) is 1. The van der Waals surface area contributed by atoms with Crippen LogP contribution in [0.25, 0.3) is 0 Å². The molecule has 0 radical (unpaired) electrons. The lowest BCUT2D eigenvalue weighted by atomic mass is 10.2. The number of non-ortho nitro benzene ring substituents is 1. The van der Waals surface area contributed by atoms with Crippen molar-refractivity contribution in [2.24, 2.45) is 0 Å². The van der Waals surface area contributed by atoms with Crippen LogP contribution in [0.2, 0.25) is 10.0 Å². The van der Waals surface area contributed by atoms with Crippen molar-refractivity contribution in [2.75, 3.05) is 5.32 Å². The summed E-state index contributed by atoms with van der Waals surface area (Å²) >= 11 is 11.9. The van der Waals surface area contributed by atoms with Crippen molar-refractivity contribution in [3.8, 4) is 5.75 Å². The SMILES string of the molecule is O=C(Nc1cc([N+](=O)[O-])ccc1Cl)c1ccn(COc2cccc(Cl)c2)n1. The normalized spacial score (nSPS) is 10.4. The van der Waals surface area contributed by atoms with Crippen molar-refractivity contribution < 1.29 is 14.5 Å². The van der Waals surface area contributed by atoms with Gasteiger partial charge >= 0.3 is 0 Å². The third-order valence-corrected chi connectivity index (χ3v) is 4.01. The van der Waals surface area contributed by atoms with Crippen molar-refractivity contribution in [1.82, 2.24) is 9.78 Å². The zero-order chi connectivity index (χ0) is 19.4. The Morgan fingerprint density at radius 2 is 2.04 bits per heavy atom. The number of nitro benzene ring substituents is 1. The number of hydrogen-bond acceptors (Lipinski definition) is 5. The Balaban J connectivity index is 1.66. The van der Waals surface area contributed by atoms with E-state index in [-0.39, 0.29) is 28.8 Å². The van der Waals surface area contributed by atoms with Gasteiger partial charge in [0.05, 0.1) is 15.6 Å². The molecule has 0 aliphatic rings. The van der Waals surface area contributed by atoms with Gasteiger partial charge in [-0.15, -0.1) is 0 Å². The molecule has 1 heterocycles. The van der Waals surface area contributed by atoms with Gasteiger partial charge in [-0.2, -0.15) is 5.10 Å². The Labute approximate surface area is 163 Å². The van der Waals surface area contributed by atoms with Crippen LogP contribution in [0.1, 0.15) is 10.5 Å². The first kappa shape index (κ1) is 18.7. The van der Waals surface area contributed by atoms with Gasteiger partial charge in [-0.25, -0.2) is 4.68 Å². The molecule has 3 aromatic rings. The number of nitrogens with one attached hydrogen (secondary N) is 1. The summed E-state index contributed by atoms with van der Waals surface area (Å²) in [5, 5.41) is 18.2.